The average Bonchev–Trinajstić information content (AvgIpc) is 2.29. The Bertz CT molecular complexity index is 310. The number of nitrogens with one attached hydrogen (secondary N) is 1. The van der Waals surface area contributed by atoms with Crippen LogP contribution in [0.2, 0.25) is 0 Å². The maximum absolute atomic E-state index is 5.37. The SMILES string of the molecule is CNCCCCCc1cc(C)ccc1OC. The molecule has 0 spiro atoms. The normalized spacial score (nSPS) is 10.4. The zero-order valence-electron chi connectivity index (χ0n) is 10.7. The Morgan fingerprint density at radius 1 is 1.19 bits per heavy atom. The number of rotatable bonds is 7. The van der Waals surface area contributed by atoms with Gasteiger partial charge < -0.3 is 10.1 Å². The van der Waals surface area contributed by atoms with Gasteiger partial charge in [0, 0.05) is 0 Å². The molecule has 2 nitrogen and oxygen atoms in total. The van der Waals surface area contributed by atoms with Gasteiger partial charge in [-0.3, -0.25) is 0 Å². The first-order valence-corrected chi connectivity index (χ1v) is 6.06. The molecular formula is C14H23NO. The molecule has 0 saturated carbocycles. The average molecular weight is 221 g/mol. The molecule has 0 aliphatic rings. The standard InChI is InChI=1S/C14H23NO/c1-12-8-9-14(16-3)13(11-12)7-5-4-6-10-15-2/h8-9,11,15H,4-7,10H2,1-3H3. The minimum atomic E-state index is 1.03. The second-order valence-corrected chi connectivity index (χ2v) is 4.23. The molecule has 0 saturated heterocycles. The fourth-order valence-corrected chi connectivity index (χ4v) is 1.90. The lowest BCUT2D eigenvalue weighted by atomic mass is 10.0. The molecule has 2 heteroatoms. The summed E-state index contributed by atoms with van der Waals surface area (Å²) in [5.74, 6) is 1.03. The lowest BCUT2D eigenvalue weighted by molar-refractivity contribution is 0.408. The summed E-state index contributed by atoms with van der Waals surface area (Å²) in [4.78, 5) is 0. The molecule has 1 aromatic carbocycles. The van der Waals surface area contributed by atoms with Crippen molar-refractivity contribution in [1.29, 1.82) is 0 Å². The van der Waals surface area contributed by atoms with Crippen molar-refractivity contribution in [3.05, 3.63) is 29.3 Å². The second kappa shape index (κ2) is 7.29. The van der Waals surface area contributed by atoms with E-state index in [1.807, 2.05) is 7.05 Å². The van der Waals surface area contributed by atoms with Crippen LogP contribution in [0.25, 0.3) is 0 Å². The van der Waals surface area contributed by atoms with Crippen molar-refractivity contribution >= 4 is 0 Å². The summed E-state index contributed by atoms with van der Waals surface area (Å²) < 4.78 is 5.37. The van der Waals surface area contributed by atoms with E-state index < -0.39 is 0 Å². The quantitative estimate of drug-likeness (QED) is 0.715. The van der Waals surface area contributed by atoms with Crippen LogP contribution in [0, 0.1) is 6.92 Å². The molecule has 0 aliphatic heterocycles. The maximum Gasteiger partial charge on any atom is 0.122 e. The first-order chi connectivity index (χ1) is 7.77. The van der Waals surface area contributed by atoms with Gasteiger partial charge in [-0.2, -0.15) is 0 Å². The van der Waals surface area contributed by atoms with Gasteiger partial charge in [0.1, 0.15) is 5.75 Å². The number of aryl methyl sites for hydroxylation is 2. The van der Waals surface area contributed by atoms with E-state index in [-0.39, 0.29) is 0 Å². The number of methoxy groups -OCH3 is 1. The number of benzene rings is 1. The largest absolute Gasteiger partial charge is 0.496 e. The number of unbranched alkanes of at least 4 members (excludes halogenated alkanes) is 2. The van der Waals surface area contributed by atoms with Gasteiger partial charge in [-0.1, -0.05) is 24.1 Å². The van der Waals surface area contributed by atoms with Gasteiger partial charge >= 0.3 is 0 Å². The Morgan fingerprint density at radius 2 is 2.00 bits per heavy atom. The Kier molecular flexibility index (Phi) is 5.94. The van der Waals surface area contributed by atoms with Crippen LogP contribution in [-0.2, 0) is 6.42 Å². The summed E-state index contributed by atoms with van der Waals surface area (Å²) in [6.45, 7) is 3.24. The predicted octanol–water partition coefficient (Wildman–Crippen LogP) is 2.94. The molecule has 0 fully saturated rings. The lowest BCUT2D eigenvalue weighted by Crippen LogP contribution is -2.07. The lowest BCUT2D eigenvalue weighted by Gasteiger charge is -2.09. The third-order valence-electron chi connectivity index (χ3n) is 2.81. The fourth-order valence-electron chi connectivity index (χ4n) is 1.90. The molecule has 90 valence electrons. The van der Waals surface area contributed by atoms with Gasteiger partial charge in [0.25, 0.3) is 0 Å². The van der Waals surface area contributed by atoms with Gasteiger partial charge in [0.15, 0.2) is 0 Å². The molecule has 0 bridgehead atoms. The zero-order chi connectivity index (χ0) is 11.8. The molecule has 0 aliphatic carbocycles. The third-order valence-corrected chi connectivity index (χ3v) is 2.81. The van der Waals surface area contributed by atoms with Crippen molar-refractivity contribution in [2.75, 3.05) is 20.7 Å². The van der Waals surface area contributed by atoms with Crippen molar-refractivity contribution in [2.24, 2.45) is 0 Å². The van der Waals surface area contributed by atoms with Crippen LogP contribution in [0.4, 0.5) is 0 Å². The highest BCUT2D eigenvalue weighted by molar-refractivity contribution is 5.36. The molecule has 0 heterocycles. The Morgan fingerprint density at radius 3 is 2.69 bits per heavy atom. The monoisotopic (exact) mass is 221 g/mol. The van der Waals surface area contributed by atoms with E-state index in [4.69, 9.17) is 4.74 Å². The Labute approximate surface area is 99.0 Å². The topological polar surface area (TPSA) is 21.3 Å². The molecule has 1 aromatic rings. The molecule has 0 amide bonds. The van der Waals surface area contributed by atoms with E-state index in [9.17, 15) is 0 Å². The van der Waals surface area contributed by atoms with Crippen molar-refractivity contribution < 1.29 is 4.74 Å². The van der Waals surface area contributed by atoms with E-state index in [1.54, 1.807) is 7.11 Å². The summed E-state index contributed by atoms with van der Waals surface area (Å²) in [6.07, 6.45) is 4.89. The highest BCUT2D eigenvalue weighted by Crippen LogP contribution is 2.21. The summed E-state index contributed by atoms with van der Waals surface area (Å²) >= 11 is 0. The van der Waals surface area contributed by atoms with Crippen LogP contribution in [0.5, 0.6) is 5.75 Å². The molecule has 1 rings (SSSR count). The summed E-state index contributed by atoms with van der Waals surface area (Å²) in [5.41, 5.74) is 2.65. The highest BCUT2D eigenvalue weighted by Gasteiger charge is 2.02. The van der Waals surface area contributed by atoms with E-state index in [0.29, 0.717) is 0 Å². The first kappa shape index (κ1) is 13.0. The van der Waals surface area contributed by atoms with E-state index in [2.05, 4.69) is 30.4 Å². The van der Waals surface area contributed by atoms with Gasteiger partial charge in [-0.15, -0.1) is 0 Å². The fraction of sp³-hybridized carbons (Fsp3) is 0.571. The van der Waals surface area contributed by atoms with Crippen LogP contribution in [0.3, 0.4) is 0 Å². The Balaban J connectivity index is 2.42. The van der Waals surface area contributed by atoms with E-state index >= 15 is 0 Å². The number of hydrogen-bond acceptors (Lipinski definition) is 2. The molecule has 16 heavy (non-hydrogen) atoms. The smallest absolute Gasteiger partial charge is 0.122 e. The minimum Gasteiger partial charge on any atom is -0.496 e. The van der Waals surface area contributed by atoms with E-state index in [0.717, 1.165) is 18.7 Å². The second-order valence-electron chi connectivity index (χ2n) is 4.23. The maximum atomic E-state index is 5.37. The Hall–Kier alpha value is -1.02. The highest BCUT2D eigenvalue weighted by atomic mass is 16.5. The van der Waals surface area contributed by atoms with Crippen LogP contribution in [0.15, 0.2) is 18.2 Å². The van der Waals surface area contributed by atoms with Crippen LogP contribution >= 0.6 is 0 Å². The molecule has 0 radical (unpaired) electrons. The third kappa shape index (κ3) is 4.23. The zero-order valence-corrected chi connectivity index (χ0v) is 10.7. The van der Waals surface area contributed by atoms with Crippen molar-refractivity contribution in [2.45, 2.75) is 32.6 Å². The van der Waals surface area contributed by atoms with Gasteiger partial charge in [-0.05, 0) is 51.4 Å². The first-order valence-electron chi connectivity index (χ1n) is 6.06. The van der Waals surface area contributed by atoms with Crippen molar-refractivity contribution in [1.82, 2.24) is 5.32 Å². The molecule has 0 unspecified atom stereocenters. The molecule has 0 aromatic heterocycles. The van der Waals surface area contributed by atoms with Crippen molar-refractivity contribution in [3.8, 4) is 5.75 Å². The predicted molar refractivity (Wildman–Crippen MR) is 69.2 cm³/mol. The van der Waals surface area contributed by atoms with Gasteiger partial charge in [-0.25, -0.2) is 0 Å². The van der Waals surface area contributed by atoms with E-state index in [1.165, 1.54) is 30.4 Å². The van der Waals surface area contributed by atoms with Crippen LogP contribution in [0.1, 0.15) is 30.4 Å². The van der Waals surface area contributed by atoms with Crippen molar-refractivity contribution in [3.63, 3.8) is 0 Å². The molecule has 0 atom stereocenters. The molecular weight excluding hydrogens is 198 g/mol. The van der Waals surface area contributed by atoms with Crippen LogP contribution in [-0.4, -0.2) is 20.7 Å². The summed E-state index contributed by atoms with van der Waals surface area (Å²) in [7, 11) is 3.75. The number of ether oxygens (including phenoxy) is 1. The summed E-state index contributed by atoms with van der Waals surface area (Å²) in [6, 6.07) is 6.40. The molecule has 1 N–H and O–H groups in total. The number of hydrogen-bond donors (Lipinski definition) is 1. The van der Waals surface area contributed by atoms with Gasteiger partial charge in [0.2, 0.25) is 0 Å². The minimum absolute atomic E-state index is 1.03. The summed E-state index contributed by atoms with van der Waals surface area (Å²) in [5, 5.41) is 3.17. The van der Waals surface area contributed by atoms with Gasteiger partial charge in [0.05, 0.1) is 7.11 Å². The van der Waals surface area contributed by atoms with Crippen LogP contribution < -0.4 is 10.1 Å².